The van der Waals surface area contributed by atoms with Crippen molar-refractivity contribution >= 4 is 17.5 Å². The number of hydrogen-bond acceptors (Lipinski definition) is 6. The van der Waals surface area contributed by atoms with Crippen molar-refractivity contribution in [3.05, 3.63) is 66.1 Å². The molecule has 0 bridgehead atoms. The van der Waals surface area contributed by atoms with E-state index in [0.29, 0.717) is 45.3 Å². The van der Waals surface area contributed by atoms with Gasteiger partial charge in [-0.25, -0.2) is 0 Å². The molecule has 4 heterocycles. The second kappa shape index (κ2) is 6.66. The Morgan fingerprint density at radius 2 is 1.83 bits per heavy atom. The number of fused-ring (bicyclic) bond motifs is 1. The SMILES string of the molecule is FC(F)(F)c1cccc(-c2ccc(C3=Nn4c(nnc4-c4ccco4)SC3)o2)c1. The molecule has 0 spiro atoms. The summed E-state index contributed by atoms with van der Waals surface area (Å²) in [7, 11) is 0. The van der Waals surface area contributed by atoms with E-state index in [1.165, 1.54) is 24.1 Å². The predicted molar refractivity (Wildman–Crippen MR) is 99.5 cm³/mol. The molecule has 6 nitrogen and oxygen atoms in total. The summed E-state index contributed by atoms with van der Waals surface area (Å²) < 4.78 is 51.7. The molecule has 3 aromatic heterocycles. The summed E-state index contributed by atoms with van der Waals surface area (Å²) in [5.74, 6) is 2.28. The number of alkyl halides is 3. The molecule has 10 heteroatoms. The molecule has 0 unspecified atom stereocenters. The van der Waals surface area contributed by atoms with Gasteiger partial charge in [0.25, 0.3) is 0 Å². The van der Waals surface area contributed by atoms with Crippen LogP contribution in [0.5, 0.6) is 0 Å². The largest absolute Gasteiger partial charge is 0.461 e. The summed E-state index contributed by atoms with van der Waals surface area (Å²) in [5, 5.41) is 13.4. The van der Waals surface area contributed by atoms with Crippen LogP contribution >= 0.6 is 11.8 Å². The molecule has 0 fully saturated rings. The Kier molecular flexibility index (Phi) is 4.09. The lowest BCUT2D eigenvalue weighted by Crippen LogP contribution is -2.13. The minimum absolute atomic E-state index is 0.333. The summed E-state index contributed by atoms with van der Waals surface area (Å²) in [6.07, 6.45) is -2.88. The minimum atomic E-state index is -4.41. The Hall–Kier alpha value is -3.27. The van der Waals surface area contributed by atoms with E-state index in [0.717, 1.165) is 12.1 Å². The summed E-state index contributed by atoms with van der Waals surface area (Å²) in [6, 6.07) is 11.8. The fourth-order valence-corrected chi connectivity index (χ4v) is 3.72. The normalized spacial score (nSPS) is 14.0. The molecule has 0 radical (unpaired) electrons. The molecule has 0 N–H and O–H groups in total. The van der Waals surface area contributed by atoms with Gasteiger partial charge in [0.05, 0.1) is 11.8 Å². The molecular formula is C19H11F3N4O2S. The van der Waals surface area contributed by atoms with Crippen molar-refractivity contribution < 1.29 is 22.0 Å². The topological polar surface area (TPSA) is 69.3 Å². The maximum Gasteiger partial charge on any atom is 0.416 e. The molecule has 0 amide bonds. The number of rotatable bonds is 3. The molecule has 1 aliphatic rings. The van der Waals surface area contributed by atoms with Crippen LogP contribution in [0.4, 0.5) is 13.2 Å². The first-order valence-corrected chi connectivity index (χ1v) is 9.45. The molecule has 1 aromatic carbocycles. The molecule has 1 aliphatic heterocycles. The van der Waals surface area contributed by atoms with Crippen molar-refractivity contribution in [2.45, 2.75) is 11.3 Å². The predicted octanol–water partition coefficient (Wildman–Crippen LogP) is 5.18. The van der Waals surface area contributed by atoms with Crippen LogP contribution in [0.3, 0.4) is 0 Å². The first-order valence-electron chi connectivity index (χ1n) is 8.47. The van der Waals surface area contributed by atoms with E-state index >= 15 is 0 Å². The highest BCUT2D eigenvalue weighted by molar-refractivity contribution is 7.99. The molecule has 146 valence electrons. The minimum Gasteiger partial charge on any atom is -0.461 e. The quantitative estimate of drug-likeness (QED) is 0.461. The molecule has 0 saturated heterocycles. The molecule has 29 heavy (non-hydrogen) atoms. The van der Waals surface area contributed by atoms with Gasteiger partial charge in [-0.15, -0.1) is 10.2 Å². The van der Waals surface area contributed by atoms with Crippen molar-refractivity contribution in [3.8, 4) is 22.9 Å². The van der Waals surface area contributed by atoms with Gasteiger partial charge >= 0.3 is 6.18 Å². The van der Waals surface area contributed by atoms with E-state index < -0.39 is 11.7 Å². The third-order valence-electron chi connectivity index (χ3n) is 4.28. The van der Waals surface area contributed by atoms with Gasteiger partial charge in [-0.1, -0.05) is 23.9 Å². The highest BCUT2D eigenvalue weighted by Crippen LogP contribution is 2.34. The van der Waals surface area contributed by atoms with Crippen LogP contribution in [0.15, 0.2) is 73.9 Å². The lowest BCUT2D eigenvalue weighted by atomic mass is 10.1. The maximum atomic E-state index is 13.0. The number of furan rings is 2. The lowest BCUT2D eigenvalue weighted by Gasteiger charge is -2.11. The Bertz CT molecular complexity index is 1210. The summed E-state index contributed by atoms with van der Waals surface area (Å²) in [4.78, 5) is 0. The van der Waals surface area contributed by atoms with Gasteiger partial charge in [-0.2, -0.15) is 22.9 Å². The van der Waals surface area contributed by atoms with Crippen molar-refractivity contribution in [3.63, 3.8) is 0 Å². The van der Waals surface area contributed by atoms with Crippen molar-refractivity contribution in [1.29, 1.82) is 0 Å². The molecular weight excluding hydrogens is 405 g/mol. The number of nitrogens with zero attached hydrogens (tertiary/aromatic N) is 4. The molecule has 5 rings (SSSR count). The average molecular weight is 416 g/mol. The second-order valence-electron chi connectivity index (χ2n) is 6.17. The fourth-order valence-electron chi connectivity index (χ4n) is 2.90. The van der Waals surface area contributed by atoms with E-state index in [4.69, 9.17) is 8.83 Å². The number of halogens is 3. The monoisotopic (exact) mass is 416 g/mol. The zero-order valence-electron chi connectivity index (χ0n) is 14.6. The third-order valence-corrected chi connectivity index (χ3v) is 5.21. The van der Waals surface area contributed by atoms with E-state index in [1.807, 2.05) is 0 Å². The van der Waals surface area contributed by atoms with Gasteiger partial charge in [-0.3, -0.25) is 0 Å². The second-order valence-corrected chi connectivity index (χ2v) is 7.12. The van der Waals surface area contributed by atoms with E-state index in [2.05, 4.69) is 15.3 Å². The smallest absolute Gasteiger partial charge is 0.416 e. The molecule has 0 aliphatic carbocycles. The van der Waals surface area contributed by atoms with Crippen molar-refractivity contribution in [1.82, 2.24) is 14.9 Å². The van der Waals surface area contributed by atoms with Gasteiger partial charge < -0.3 is 8.83 Å². The summed E-state index contributed by atoms with van der Waals surface area (Å²) in [6.45, 7) is 0. The Morgan fingerprint density at radius 1 is 0.966 bits per heavy atom. The van der Waals surface area contributed by atoms with Gasteiger partial charge in [0, 0.05) is 11.3 Å². The molecule has 0 atom stereocenters. The van der Waals surface area contributed by atoms with Crippen LogP contribution in [0.2, 0.25) is 0 Å². The van der Waals surface area contributed by atoms with Gasteiger partial charge in [-0.05, 0) is 36.4 Å². The fraction of sp³-hybridized carbons (Fsp3) is 0.105. The zero-order valence-corrected chi connectivity index (χ0v) is 15.4. The highest BCUT2D eigenvalue weighted by Gasteiger charge is 2.31. The van der Waals surface area contributed by atoms with Crippen LogP contribution in [-0.4, -0.2) is 26.3 Å². The lowest BCUT2D eigenvalue weighted by molar-refractivity contribution is -0.137. The first-order chi connectivity index (χ1) is 14.0. The standard InChI is InChI=1S/C19H11F3N4O2S/c20-19(21,22)12-4-1-3-11(9-12)14-6-7-15(28-14)13-10-29-18-24-23-17(26(18)25-13)16-5-2-8-27-16/h1-9H,10H2. The Balaban J connectivity index is 1.49. The number of benzene rings is 1. The van der Waals surface area contributed by atoms with Crippen molar-refractivity contribution in [2.75, 3.05) is 5.75 Å². The number of aromatic nitrogens is 3. The van der Waals surface area contributed by atoms with Crippen molar-refractivity contribution in [2.24, 2.45) is 5.10 Å². The highest BCUT2D eigenvalue weighted by atomic mass is 32.2. The Labute approximate surface area is 166 Å². The van der Waals surface area contributed by atoms with Gasteiger partial charge in [0.2, 0.25) is 11.0 Å². The third kappa shape index (κ3) is 3.25. The zero-order chi connectivity index (χ0) is 20.0. The number of thioether (sulfide) groups is 1. The molecule has 4 aromatic rings. The number of hydrogen-bond donors (Lipinski definition) is 0. The first kappa shape index (κ1) is 17.8. The van der Waals surface area contributed by atoms with Crippen LogP contribution in [0.25, 0.3) is 22.9 Å². The maximum absolute atomic E-state index is 13.0. The van der Waals surface area contributed by atoms with Gasteiger partial charge in [0.1, 0.15) is 11.5 Å². The summed E-state index contributed by atoms with van der Waals surface area (Å²) in [5.41, 5.74) is 0.237. The molecule has 0 saturated carbocycles. The average Bonchev–Trinajstić information content (AvgIpc) is 3.46. The van der Waals surface area contributed by atoms with Crippen LogP contribution in [0.1, 0.15) is 11.3 Å². The Morgan fingerprint density at radius 3 is 2.62 bits per heavy atom. The van der Waals surface area contributed by atoms with E-state index in [-0.39, 0.29) is 0 Å². The van der Waals surface area contributed by atoms with Crippen LogP contribution < -0.4 is 0 Å². The van der Waals surface area contributed by atoms with Gasteiger partial charge in [0.15, 0.2) is 11.5 Å². The van der Waals surface area contributed by atoms with E-state index in [1.54, 1.807) is 35.0 Å². The van der Waals surface area contributed by atoms with Crippen LogP contribution in [0, 0.1) is 0 Å². The van der Waals surface area contributed by atoms with Crippen LogP contribution in [-0.2, 0) is 6.18 Å². The summed E-state index contributed by atoms with van der Waals surface area (Å²) >= 11 is 1.43. The van der Waals surface area contributed by atoms with E-state index in [9.17, 15) is 13.2 Å².